The Bertz CT molecular complexity index is 840. The number of nitrogens with one attached hydrogen (secondary N) is 1. The van der Waals surface area contributed by atoms with Crippen LogP contribution in [0.2, 0.25) is 0 Å². The molecule has 0 aliphatic carbocycles. The minimum absolute atomic E-state index is 0.0590. The molecular formula is C16H14BrN3O. The molecule has 0 saturated heterocycles. The van der Waals surface area contributed by atoms with Crippen molar-refractivity contribution in [2.24, 2.45) is 0 Å². The smallest absolute Gasteiger partial charge is 0.258 e. The number of aromatic nitrogens is 2. The van der Waals surface area contributed by atoms with Gasteiger partial charge in [-0.15, -0.1) is 0 Å². The second kappa shape index (κ2) is 5.69. The van der Waals surface area contributed by atoms with Crippen molar-refractivity contribution < 1.29 is 0 Å². The number of aryl methyl sites for hydroxylation is 1. The van der Waals surface area contributed by atoms with E-state index >= 15 is 0 Å². The number of hydrogen-bond donors (Lipinski definition) is 1. The summed E-state index contributed by atoms with van der Waals surface area (Å²) < 4.78 is 2.60. The van der Waals surface area contributed by atoms with E-state index in [1.54, 1.807) is 16.7 Å². The summed E-state index contributed by atoms with van der Waals surface area (Å²) in [5.41, 5.74) is 3.36. The Morgan fingerprint density at radius 1 is 1.19 bits per heavy atom. The lowest BCUT2D eigenvalue weighted by Gasteiger charge is -2.07. The largest absolute Gasteiger partial charge is 0.379 e. The molecule has 3 aromatic rings. The molecule has 0 radical (unpaired) electrons. The number of fused-ring (bicyclic) bond motifs is 1. The third-order valence-corrected chi connectivity index (χ3v) is 3.71. The molecule has 0 bridgehead atoms. The van der Waals surface area contributed by atoms with Crippen LogP contribution >= 0.6 is 15.9 Å². The van der Waals surface area contributed by atoms with Crippen LogP contribution in [0.25, 0.3) is 5.65 Å². The van der Waals surface area contributed by atoms with Crippen molar-refractivity contribution in [2.75, 3.05) is 5.32 Å². The number of anilines is 1. The molecule has 0 aliphatic rings. The summed E-state index contributed by atoms with van der Waals surface area (Å²) in [5.74, 6) is 0. The van der Waals surface area contributed by atoms with Crippen LogP contribution in [0.15, 0.2) is 57.9 Å². The Hall–Kier alpha value is -2.14. The Morgan fingerprint density at radius 3 is 2.71 bits per heavy atom. The minimum Gasteiger partial charge on any atom is -0.379 e. The first kappa shape index (κ1) is 13.8. The van der Waals surface area contributed by atoms with E-state index in [0.29, 0.717) is 12.2 Å². The summed E-state index contributed by atoms with van der Waals surface area (Å²) in [5, 5.41) is 3.26. The van der Waals surface area contributed by atoms with Gasteiger partial charge in [-0.25, -0.2) is 4.98 Å². The molecule has 0 saturated carbocycles. The fourth-order valence-corrected chi connectivity index (χ4v) is 2.37. The van der Waals surface area contributed by atoms with Crippen LogP contribution in [0.1, 0.15) is 11.3 Å². The third kappa shape index (κ3) is 3.13. The highest BCUT2D eigenvalue weighted by Gasteiger charge is 2.02. The van der Waals surface area contributed by atoms with Crippen LogP contribution < -0.4 is 10.9 Å². The van der Waals surface area contributed by atoms with Crippen molar-refractivity contribution in [3.63, 3.8) is 0 Å². The zero-order valence-electron chi connectivity index (χ0n) is 11.5. The lowest BCUT2D eigenvalue weighted by atomic mass is 10.3. The molecule has 0 unspecified atom stereocenters. The predicted octanol–water partition coefficient (Wildman–Crippen LogP) is 3.38. The van der Waals surface area contributed by atoms with Crippen LogP contribution in [-0.4, -0.2) is 9.38 Å². The van der Waals surface area contributed by atoms with E-state index in [1.165, 1.54) is 0 Å². The van der Waals surface area contributed by atoms with E-state index in [-0.39, 0.29) is 5.56 Å². The van der Waals surface area contributed by atoms with Gasteiger partial charge in [0.2, 0.25) is 0 Å². The SMILES string of the molecule is Cc1ccc2nc(CNc3ccc(Br)cc3)cc(=O)n2c1. The summed E-state index contributed by atoms with van der Waals surface area (Å²) in [6.07, 6.45) is 1.80. The second-order valence-corrected chi connectivity index (χ2v) is 5.80. The van der Waals surface area contributed by atoms with Crippen molar-refractivity contribution in [1.29, 1.82) is 0 Å². The fourth-order valence-electron chi connectivity index (χ4n) is 2.11. The average Bonchev–Trinajstić information content (AvgIpc) is 2.47. The van der Waals surface area contributed by atoms with Gasteiger partial charge in [-0.3, -0.25) is 9.20 Å². The highest BCUT2D eigenvalue weighted by atomic mass is 79.9. The molecule has 21 heavy (non-hydrogen) atoms. The van der Waals surface area contributed by atoms with Crippen molar-refractivity contribution in [3.8, 4) is 0 Å². The molecule has 0 atom stereocenters. The van der Waals surface area contributed by atoms with Crippen molar-refractivity contribution in [3.05, 3.63) is 74.7 Å². The molecule has 0 fully saturated rings. The normalized spacial score (nSPS) is 10.8. The molecule has 0 spiro atoms. The van der Waals surface area contributed by atoms with Crippen LogP contribution in [0.5, 0.6) is 0 Å². The zero-order chi connectivity index (χ0) is 14.8. The average molecular weight is 344 g/mol. The number of benzene rings is 1. The van der Waals surface area contributed by atoms with E-state index in [4.69, 9.17) is 0 Å². The van der Waals surface area contributed by atoms with Crippen LogP contribution in [0, 0.1) is 6.92 Å². The zero-order valence-corrected chi connectivity index (χ0v) is 13.1. The standard InChI is InChI=1S/C16H14BrN3O/c1-11-2-7-15-19-14(8-16(21)20(15)10-11)9-18-13-5-3-12(17)4-6-13/h2-8,10,18H,9H2,1H3. The van der Waals surface area contributed by atoms with Crippen molar-refractivity contribution in [1.82, 2.24) is 9.38 Å². The van der Waals surface area contributed by atoms with Gasteiger partial charge in [0.1, 0.15) is 5.65 Å². The van der Waals surface area contributed by atoms with E-state index in [0.717, 1.165) is 21.4 Å². The number of pyridine rings is 1. The van der Waals surface area contributed by atoms with Gasteiger partial charge >= 0.3 is 0 Å². The second-order valence-electron chi connectivity index (χ2n) is 4.88. The third-order valence-electron chi connectivity index (χ3n) is 3.18. The number of hydrogen-bond acceptors (Lipinski definition) is 3. The van der Waals surface area contributed by atoms with Gasteiger partial charge in [0, 0.05) is 22.4 Å². The molecule has 5 heteroatoms. The van der Waals surface area contributed by atoms with Crippen molar-refractivity contribution in [2.45, 2.75) is 13.5 Å². The van der Waals surface area contributed by atoms with Gasteiger partial charge in [-0.1, -0.05) is 22.0 Å². The molecule has 0 aliphatic heterocycles. The molecule has 4 nitrogen and oxygen atoms in total. The highest BCUT2D eigenvalue weighted by molar-refractivity contribution is 9.10. The maximum Gasteiger partial charge on any atom is 0.258 e. The molecule has 2 heterocycles. The Kier molecular flexibility index (Phi) is 3.75. The summed E-state index contributed by atoms with van der Waals surface area (Å²) in [7, 11) is 0. The molecule has 3 rings (SSSR count). The number of halogens is 1. The van der Waals surface area contributed by atoms with Crippen LogP contribution in [0.3, 0.4) is 0 Å². The molecular weight excluding hydrogens is 330 g/mol. The lowest BCUT2D eigenvalue weighted by Crippen LogP contribution is -2.17. The van der Waals surface area contributed by atoms with Gasteiger partial charge in [-0.2, -0.15) is 0 Å². The first-order valence-electron chi connectivity index (χ1n) is 6.60. The van der Waals surface area contributed by atoms with Crippen LogP contribution in [0.4, 0.5) is 5.69 Å². The monoisotopic (exact) mass is 343 g/mol. The number of rotatable bonds is 3. The van der Waals surface area contributed by atoms with Gasteiger partial charge in [0.25, 0.3) is 5.56 Å². The Balaban J connectivity index is 1.86. The quantitative estimate of drug-likeness (QED) is 0.792. The lowest BCUT2D eigenvalue weighted by molar-refractivity contribution is 0.965. The maximum atomic E-state index is 12.1. The molecule has 1 aromatic carbocycles. The van der Waals surface area contributed by atoms with Gasteiger partial charge < -0.3 is 5.32 Å². The van der Waals surface area contributed by atoms with Gasteiger partial charge in [0.15, 0.2) is 0 Å². The Labute approximate surface area is 130 Å². The highest BCUT2D eigenvalue weighted by Crippen LogP contribution is 2.14. The Morgan fingerprint density at radius 2 is 1.95 bits per heavy atom. The van der Waals surface area contributed by atoms with E-state index < -0.39 is 0 Å². The summed E-state index contributed by atoms with van der Waals surface area (Å²) in [6.45, 7) is 2.47. The van der Waals surface area contributed by atoms with E-state index in [9.17, 15) is 4.79 Å². The fraction of sp³-hybridized carbons (Fsp3) is 0.125. The summed E-state index contributed by atoms with van der Waals surface area (Å²) in [4.78, 5) is 16.6. The number of nitrogens with zero attached hydrogens (tertiary/aromatic N) is 2. The topological polar surface area (TPSA) is 46.4 Å². The summed E-state index contributed by atoms with van der Waals surface area (Å²) >= 11 is 3.40. The molecule has 0 amide bonds. The predicted molar refractivity (Wildman–Crippen MR) is 87.7 cm³/mol. The maximum absolute atomic E-state index is 12.1. The van der Waals surface area contributed by atoms with Crippen molar-refractivity contribution >= 4 is 27.3 Å². The molecule has 106 valence electrons. The molecule has 2 aromatic heterocycles. The van der Waals surface area contributed by atoms with E-state index in [1.807, 2.05) is 43.3 Å². The van der Waals surface area contributed by atoms with Gasteiger partial charge in [-0.05, 0) is 42.8 Å². The van der Waals surface area contributed by atoms with Crippen LogP contribution in [-0.2, 0) is 6.54 Å². The summed E-state index contributed by atoms with van der Waals surface area (Å²) in [6, 6.07) is 13.3. The van der Waals surface area contributed by atoms with E-state index in [2.05, 4.69) is 26.2 Å². The minimum atomic E-state index is -0.0590. The first-order chi connectivity index (χ1) is 10.1. The molecule has 1 N–H and O–H groups in total. The first-order valence-corrected chi connectivity index (χ1v) is 7.39. The van der Waals surface area contributed by atoms with Gasteiger partial charge in [0.05, 0.1) is 12.2 Å².